The lowest BCUT2D eigenvalue weighted by molar-refractivity contribution is 0.0804. The molecule has 0 saturated heterocycles. The SMILES string of the molecule is O=C(c1ccc(Cl)cc1)C(Cc1ccsc1)C(=O)c1cc(F)ccc1F. The summed E-state index contributed by atoms with van der Waals surface area (Å²) in [6.07, 6.45) is 0.111. The van der Waals surface area contributed by atoms with Crippen LogP contribution >= 0.6 is 22.9 Å². The van der Waals surface area contributed by atoms with Crippen molar-refractivity contribution in [3.8, 4) is 0 Å². The fourth-order valence-electron chi connectivity index (χ4n) is 2.64. The summed E-state index contributed by atoms with van der Waals surface area (Å²) in [5.41, 5.74) is 0.653. The van der Waals surface area contributed by atoms with Crippen molar-refractivity contribution in [3.05, 3.63) is 92.6 Å². The van der Waals surface area contributed by atoms with Gasteiger partial charge >= 0.3 is 0 Å². The van der Waals surface area contributed by atoms with Gasteiger partial charge in [0.05, 0.1) is 11.5 Å². The molecular weight excluding hydrogens is 378 g/mol. The van der Waals surface area contributed by atoms with E-state index in [9.17, 15) is 18.4 Å². The van der Waals surface area contributed by atoms with Crippen LogP contribution in [-0.2, 0) is 6.42 Å². The molecule has 3 rings (SSSR count). The zero-order chi connectivity index (χ0) is 18.7. The molecule has 1 atom stereocenters. The van der Waals surface area contributed by atoms with E-state index in [1.807, 2.05) is 10.8 Å². The maximum absolute atomic E-state index is 14.1. The summed E-state index contributed by atoms with van der Waals surface area (Å²) >= 11 is 7.27. The minimum atomic E-state index is -1.15. The molecule has 0 fully saturated rings. The van der Waals surface area contributed by atoms with E-state index in [4.69, 9.17) is 11.6 Å². The van der Waals surface area contributed by atoms with Crippen molar-refractivity contribution in [2.75, 3.05) is 0 Å². The predicted molar refractivity (Wildman–Crippen MR) is 98.0 cm³/mol. The van der Waals surface area contributed by atoms with Crippen LogP contribution in [0.25, 0.3) is 0 Å². The van der Waals surface area contributed by atoms with Crippen LogP contribution in [0.15, 0.2) is 59.3 Å². The van der Waals surface area contributed by atoms with Gasteiger partial charge in [-0.25, -0.2) is 8.78 Å². The second kappa shape index (κ2) is 7.89. The molecule has 0 bridgehead atoms. The first-order chi connectivity index (χ1) is 12.5. The highest BCUT2D eigenvalue weighted by Crippen LogP contribution is 2.24. The number of rotatable bonds is 6. The predicted octanol–water partition coefficient (Wildman–Crippen LogP) is 5.60. The van der Waals surface area contributed by atoms with Gasteiger partial charge in [0.1, 0.15) is 11.6 Å². The van der Waals surface area contributed by atoms with Gasteiger partial charge in [-0.2, -0.15) is 11.3 Å². The maximum atomic E-state index is 14.1. The molecule has 3 aromatic rings. The van der Waals surface area contributed by atoms with Gasteiger partial charge in [0, 0.05) is 10.6 Å². The van der Waals surface area contributed by atoms with Crippen LogP contribution in [0.3, 0.4) is 0 Å². The summed E-state index contributed by atoms with van der Waals surface area (Å²) in [4.78, 5) is 25.8. The topological polar surface area (TPSA) is 34.1 Å². The fourth-order valence-corrected chi connectivity index (χ4v) is 3.45. The molecule has 0 aliphatic rings. The number of hydrogen-bond acceptors (Lipinski definition) is 3. The molecule has 0 radical (unpaired) electrons. The number of Topliss-reactive ketones (excluding diaryl/α,β-unsaturated/α-hetero) is 2. The summed E-state index contributed by atoms with van der Waals surface area (Å²) < 4.78 is 27.6. The van der Waals surface area contributed by atoms with Gasteiger partial charge in [0.25, 0.3) is 0 Å². The minimum absolute atomic E-state index is 0.111. The zero-order valence-electron chi connectivity index (χ0n) is 13.4. The lowest BCUT2D eigenvalue weighted by Crippen LogP contribution is -2.27. The van der Waals surface area contributed by atoms with Crippen LogP contribution in [0.1, 0.15) is 26.3 Å². The second-order valence-electron chi connectivity index (χ2n) is 5.75. The third kappa shape index (κ3) is 4.06. The van der Waals surface area contributed by atoms with Crippen LogP contribution in [0.2, 0.25) is 5.02 Å². The molecule has 0 saturated carbocycles. The van der Waals surface area contributed by atoms with Crippen LogP contribution in [0, 0.1) is 17.6 Å². The summed E-state index contributed by atoms with van der Waals surface area (Å²) in [5, 5.41) is 4.10. The first-order valence-corrected chi connectivity index (χ1v) is 9.08. The first kappa shape index (κ1) is 18.4. The van der Waals surface area contributed by atoms with Gasteiger partial charge in [0.2, 0.25) is 0 Å². The highest BCUT2D eigenvalue weighted by atomic mass is 35.5. The van der Waals surface area contributed by atoms with Gasteiger partial charge in [-0.05, 0) is 71.3 Å². The molecule has 1 heterocycles. The molecule has 1 unspecified atom stereocenters. The van der Waals surface area contributed by atoms with Crippen molar-refractivity contribution in [1.29, 1.82) is 0 Å². The average molecular weight is 391 g/mol. The van der Waals surface area contributed by atoms with E-state index >= 15 is 0 Å². The first-order valence-electron chi connectivity index (χ1n) is 7.76. The Hall–Kier alpha value is -2.37. The van der Waals surface area contributed by atoms with Crippen molar-refractivity contribution < 1.29 is 18.4 Å². The standard InChI is InChI=1S/C20H13ClF2O2S/c21-14-3-1-13(2-4-14)19(24)17(9-12-7-8-26-11-12)20(25)16-10-15(22)5-6-18(16)23/h1-8,10-11,17H,9H2. The maximum Gasteiger partial charge on any atom is 0.177 e. The lowest BCUT2D eigenvalue weighted by Gasteiger charge is -2.15. The van der Waals surface area contributed by atoms with E-state index in [-0.39, 0.29) is 6.42 Å². The molecule has 6 heteroatoms. The molecule has 0 aliphatic heterocycles. The Morgan fingerprint density at radius 3 is 2.38 bits per heavy atom. The number of carbonyl (C=O) groups excluding carboxylic acids is 2. The number of carbonyl (C=O) groups is 2. The summed E-state index contributed by atoms with van der Waals surface area (Å²) in [6, 6.07) is 10.6. The van der Waals surface area contributed by atoms with Crippen molar-refractivity contribution in [2.45, 2.75) is 6.42 Å². The van der Waals surface area contributed by atoms with E-state index < -0.39 is 34.7 Å². The van der Waals surface area contributed by atoms with Gasteiger partial charge in [0.15, 0.2) is 11.6 Å². The van der Waals surface area contributed by atoms with Crippen molar-refractivity contribution in [3.63, 3.8) is 0 Å². The summed E-state index contributed by atoms with van der Waals surface area (Å²) in [7, 11) is 0. The lowest BCUT2D eigenvalue weighted by atomic mass is 9.85. The molecule has 132 valence electrons. The van der Waals surface area contributed by atoms with Crippen LogP contribution < -0.4 is 0 Å². The Morgan fingerprint density at radius 1 is 1.00 bits per heavy atom. The Balaban J connectivity index is 1.99. The van der Waals surface area contributed by atoms with E-state index in [0.29, 0.717) is 10.6 Å². The van der Waals surface area contributed by atoms with Crippen LogP contribution in [-0.4, -0.2) is 11.6 Å². The highest BCUT2D eigenvalue weighted by molar-refractivity contribution is 7.07. The number of ketones is 2. The monoisotopic (exact) mass is 390 g/mol. The molecule has 0 amide bonds. The largest absolute Gasteiger partial charge is 0.293 e. The molecule has 0 aliphatic carbocycles. The number of benzene rings is 2. The normalized spacial score (nSPS) is 12.0. The zero-order valence-corrected chi connectivity index (χ0v) is 15.0. The molecule has 2 nitrogen and oxygen atoms in total. The molecule has 0 spiro atoms. The summed E-state index contributed by atoms with van der Waals surface area (Å²) in [6.45, 7) is 0. The molecule has 2 aromatic carbocycles. The van der Waals surface area contributed by atoms with Gasteiger partial charge in [-0.15, -0.1) is 0 Å². The highest BCUT2D eigenvalue weighted by Gasteiger charge is 2.30. The van der Waals surface area contributed by atoms with Gasteiger partial charge in [-0.3, -0.25) is 9.59 Å². The van der Waals surface area contributed by atoms with E-state index in [2.05, 4.69) is 0 Å². The van der Waals surface area contributed by atoms with E-state index in [1.165, 1.54) is 23.5 Å². The molecule has 0 N–H and O–H groups in total. The van der Waals surface area contributed by atoms with Crippen LogP contribution in [0.4, 0.5) is 8.78 Å². The third-order valence-electron chi connectivity index (χ3n) is 3.98. The smallest absolute Gasteiger partial charge is 0.177 e. The number of thiophene rings is 1. The summed E-state index contributed by atoms with van der Waals surface area (Å²) in [5.74, 6) is -3.93. The quantitative estimate of drug-likeness (QED) is 0.405. The fraction of sp³-hybridized carbons (Fsp3) is 0.100. The van der Waals surface area contributed by atoms with Gasteiger partial charge < -0.3 is 0 Å². The Bertz CT molecular complexity index is 937. The number of halogens is 3. The molecule has 26 heavy (non-hydrogen) atoms. The average Bonchev–Trinajstić information content (AvgIpc) is 3.14. The Morgan fingerprint density at radius 2 is 1.73 bits per heavy atom. The molecule has 1 aromatic heterocycles. The Kier molecular flexibility index (Phi) is 5.59. The van der Waals surface area contributed by atoms with Crippen molar-refractivity contribution >= 4 is 34.5 Å². The van der Waals surface area contributed by atoms with Crippen molar-refractivity contribution in [1.82, 2.24) is 0 Å². The molecular formula is C20H13ClF2O2S. The second-order valence-corrected chi connectivity index (χ2v) is 6.96. The number of hydrogen-bond donors (Lipinski definition) is 0. The van der Waals surface area contributed by atoms with E-state index in [0.717, 1.165) is 23.8 Å². The van der Waals surface area contributed by atoms with Crippen molar-refractivity contribution in [2.24, 2.45) is 5.92 Å². The van der Waals surface area contributed by atoms with E-state index in [1.54, 1.807) is 18.2 Å². The van der Waals surface area contributed by atoms with Crippen LogP contribution in [0.5, 0.6) is 0 Å². The minimum Gasteiger partial charge on any atom is -0.293 e. The third-order valence-corrected chi connectivity index (χ3v) is 4.96. The Labute approximate surface area is 158 Å². The van der Waals surface area contributed by atoms with Gasteiger partial charge in [-0.1, -0.05) is 11.6 Å².